The Kier molecular flexibility index (Phi) is 3.16. The molecule has 0 aromatic heterocycles. The van der Waals surface area contributed by atoms with E-state index in [0.29, 0.717) is 19.1 Å². The zero-order valence-corrected chi connectivity index (χ0v) is 12.8. The van der Waals surface area contributed by atoms with Crippen LogP contribution in [0.4, 0.5) is 0 Å². The zero-order chi connectivity index (χ0) is 14.7. The van der Waals surface area contributed by atoms with Crippen LogP contribution in [-0.4, -0.2) is 34.6 Å². The molecule has 0 amide bonds. The topological polar surface area (TPSA) is 94.6 Å². The third-order valence-electron chi connectivity index (χ3n) is 4.79. The van der Waals surface area contributed by atoms with E-state index >= 15 is 0 Å². The quantitative estimate of drug-likeness (QED) is 0.758. The molecule has 19 heavy (non-hydrogen) atoms. The number of Topliss-reactive ketones (excluding diaryl/α,β-unsaturated/α-hetero) is 1. The van der Waals surface area contributed by atoms with E-state index in [4.69, 9.17) is 0 Å². The number of fused-ring (bicyclic) bond motifs is 2. The number of carbonyl (C=O) groups is 1. The van der Waals surface area contributed by atoms with Crippen LogP contribution in [0.1, 0.15) is 33.1 Å². The van der Waals surface area contributed by atoms with Gasteiger partial charge in [0.2, 0.25) is 0 Å². The van der Waals surface area contributed by atoms with E-state index < -0.39 is 36.8 Å². The molecular formula is C11H18O6S2. The molecule has 2 unspecified atom stereocenters. The lowest BCUT2D eigenvalue weighted by Crippen LogP contribution is -2.42. The Labute approximate surface area is 113 Å². The van der Waals surface area contributed by atoms with Gasteiger partial charge in [0.05, 0.1) is 17.4 Å². The Morgan fingerprint density at radius 3 is 2.21 bits per heavy atom. The third-order valence-corrected chi connectivity index (χ3v) is 7.45. The maximum absolute atomic E-state index is 12.1. The Bertz CT molecular complexity index is 616. The van der Waals surface area contributed by atoms with Gasteiger partial charge in [-0.25, -0.2) is 0 Å². The first-order valence-corrected chi connectivity index (χ1v) is 9.46. The highest BCUT2D eigenvalue weighted by Crippen LogP contribution is 2.64. The standard InChI is InChI=1S/C11H18O6S2/c1-10(2)8-4-5-11(10,9(12)6-8)7-19(15,16)17-18(3,13)14/h8H,4-7H2,1-3H3. The average Bonchev–Trinajstić information content (AvgIpc) is 2.46. The predicted octanol–water partition coefficient (Wildman–Crippen LogP) is 0.688. The molecule has 2 bridgehead atoms. The van der Waals surface area contributed by atoms with E-state index in [2.05, 4.69) is 3.63 Å². The highest BCUT2D eigenvalue weighted by atomic mass is 32.3. The van der Waals surface area contributed by atoms with Gasteiger partial charge in [-0.3, -0.25) is 4.79 Å². The summed E-state index contributed by atoms with van der Waals surface area (Å²) in [6, 6.07) is 0. The van der Waals surface area contributed by atoms with Gasteiger partial charge < -0.3 is 0 Å². The monoisotopic (exact) mass is 310 g/mol. The van der Waals surface area contributed by atoms with Crippen molar-refractivity contribution in [3.63, 3.8) is 0 Å². The molecule has 2 fully saturated rings. The van der Waals surface area contributed by atoms with Crippen molar-refractivity contribution in [2.75, 3.05) is 12.0 Å². The molecule has 0 saturated heterocycles. The maximum atomic E-state index is 12.1. The zero-order valence-electron chi connectivity index (χ0n) is 11.2. The molecule has 6 nitrogen and oxygen atoms in total. The van der Waals surface area contributed by atoms with Crippen LogP contribution in [0.2, 0.25) is 0 Å². The van der Waals surface area contributed by atoms with E-state index in [0.717, 1.165) is 6.42 Å². The molecule has 2 rings (SSSR count). The number of rotatable bonds is 4. The lowest BCUT2D eigenvalue weighted by molar-refractivity contribution is -0.128. The molecule has 110 valence electrons. The molecule has 0 aromatic carbocycles. The number of ketones is 1. The van der Waals surface area contributed by atoms with Crippen molar-refractivity contribution in [2.45, 2.75) is 33.1 Å². The van der Waals surface area contributed by atoms with Crippen molar-refractivity contribution < 1.29 is 25.3 Å². The third kappa shape index (κ3) is 2.34. The van der Waals surface area contributed by atoms with Gasteiger partial charge in [-0.05, 0) is 24.2 Å². The molecule has 8 heteroatoms. The minimum atomic E-state index is -4.28. The van der Waals surface area contributed by atoms with E-state index in [1.165, 1.54) is 0 Å². The molecule has 0 radical (unpaired) electrons. The summed E-state index contributed by atoms with van der Waals surface area (Å²) >= 11 is 0. The fourth-order valence-corrected chi connectivity index (χ4v) is 6.60. The molecule has 0 heterocycles. The summed E-state index contributed by atoms with van der Waals surface area (Å²) in [4.78, 5) is 12.1. The molecular weight excluding hydrogens is 292 g/mol. The Balaban J connectivity index is 2.35. The summed E-state index contributed by atoms with van der Waals surface area (Å²) < 4.78 is 49.9. The van der Waals surface area contributed by atoms with Crippen molar-refractivity contribution in [1.29, 1.82) is 0 Å². The van der Waals surface area contributed by atoms with Gasteiger partial charge >= 0.3 is 0 Å². The highest BCUT2D eigenvalue weighted by molar-refractivity contribution is 7.99. The van der Waals surface area contributed by atoms with Crippen molar-refractivity contribution >= 4 is 26.0 Å². The second-order valence-electron chi connectivity index (χ2n) is 6.14. The van der Waals surface area contributed by atoms with Crippen LogP contribution in [-0.2, 0) is 28.7 Å². The lowest BCUT2D eigenvalue weighted by atomic mass is 9.70. The summed E-state index contributed by atoms with van der Waals surface area (Å²) in [5.74, 6) is -0.460. The van der Waals surface area contributed by atoms with E-state index in [1.54, 1.807) is 0 Å². The molecule has 0 spiro atoms. The number of hydrogen-bond acceptors (Lipinski definition) is 6. The Hall–Kier alpha value is -0.470. The summed E-state index contributed by atoms with van der Waals surface area (Å²) in [7, 11) is -8.38. The summed E-state index contributed by atoms with van der Waals surface area (Å²) in [6.45, 7) is 3.76. The van der Waals surface area contributed by atoms with E-state index in [-0.39, 0.29) is 11.7 Å². The first-order valence-electron chi connectivity index (χ1n) is 6.07. The van der Waals surface area contributed by atoms with Crippen LogP contribution in [0.15, 0.2) is 0 Å². The van der Waals surface area contributed by atoms with E-state index in [9.17, 15) is 21.6 Å². The van der Waals surface area contributed by atoms with Gasteiger partial charge in [0, 0.05) is 6.42 Å². The predicted molar refractivity (Wildman–Crippen MR) is 68.3 cm³/mol. The Morgan fingerprint density at radius 1 is 1.26 bits per heavy atom. The fraction of sp³-hybridized carbons (Fsp3) is 0.909. The maximum Gasteiger partial charge on any atom is 0.282 e. The molecule has 2 aliphatic rings. The molecule has 0 N–H and O–H groups in total. The fourth-order valence-electron chi connectivity index (χ4n) is 3.62. The van der Waals surface area contributed by atoms with Gasteiger partial charge in [0.25, 0.3) is 20.2 Å². The van der Waals surface area contributed by atoms with Crippen LogP contribution in [0.3, 0.4) is 0 Å². The highest BCUT2D eigenvalue weighted by Gasteiger charge is 2.65. The lowest BCUT2D eigenvalue weighted by Gasteiger charge is -2.35. The first-order chi connectivity index (χ1) is 8.40. The molecule has 0 aliphatic heterocycles. The molecule has 2 saturated carbocycles. The largest absolute Gasteiger partial charge is 0.299 e. The number of hydrogen-bond donors (Lipinski definition) is 0. The second kappa shape index (κ2) is 4.02. The molecule has 2 aliphatic carbocycles. The summed E-state index contributed by atoms with van der Waals surface area (Å²) in [6.07, 6.45) is 2.34. The Morgan fingerprint density at radius 2 is 1.84 bits per heavy atom. The van der Waals surface area contributed by atoms with Gasteiger partial charge in [0.15, 0.2) is 0 Å². The van der Waals surface area contributed by atoms with Crippen LogP contribution in [0.25, 0.3) is 0 Å². The first kappa shape index (κ1) is 14.9. The van der Waals surface area contributed by atoms with Gasteiger partial charge in [-0.2, -0.15) is 16.8 Å². The van der Waals surface area contributed by atoms with Gasteiger partial charge in [-0.1, -0.05) is 13.8 Å². The van der Waals surface area contributed by atoms with Gasteiger partial charge in [0.1, 0.15) is 5.78 Å². The molecule has 0 aromatic rings. The van der Waals surface area contributed by atoms with E-state index in [1.807, 2.05) is 13.8 Å². The molecule has 2 atom stereocenters. The van der Waals surface area contributed by atoms with Crippen molar-refractivity contribution in [2.24, 2.45) is 16.7 Å². The van der Waals surface area contributed by atoms with Crippen LogP contribution < -0.4 is 0 Å². The van der Waals surface area contributed by atoms with Crippen molar-refractivity contribution in [1.82, 2.24) is 0 Å². The smallest absolute Gasteiger partial charge is 0.282 e. The minimum absolute atomic E-state index is 0.0885. The minimum Gasteiger partial charge on any atom is -0.299 e. The number of carbonyl (C=O) groups excluding carboxylic acids is 1. The normalized spacial score (nSPS) is 33.8. The van der Waals surface area contributed by atoms with Crippen LogP contribution in [0.5, 0.6) is 0 Å². The van der Waals surface area contributed by atoms with Gasteiger partial charge in [-0.15, -0.1) is 3.63 Å². The SMILES string of the molecule is CC1(C)C2CCC1(CS(=O)(=O)OS(C)(=O)=O)C(=O)C2. The van der Waals surface area contributed by atoms with Crippen LogP contribution >= 0.6 is 0 Å². The second-order valence-corrected chi connectivity index (χ2v) is 9.50. The average molecular weight is 310 g/mol. The summed E-state index contributed by atoms with van der Waals surface area (Å²) in [5.41, 5.74) is -1.43. The van der Waals surface area contributed by atoms with Crippen molar-refractivity contribution in [3.8, 4) is 0 Å². The summed E-state index contributed by atoms with van der Waals surface area (Å²) in [5, 5.41) is 0. The van der Waals surface area contributed by atoms with Crippen LogP contribution in [0, 0.1) is 16.7 Å². The van der Waals surface area contributed by atoms with Crippen molar-refractivity contribution in [3.05, 3.63) is 0 Å².